The Labute approximate surface area is 137 Å². The minimum atomic E-state index is -0.130. The Balaban J connectivity index is 1.63. The highest BCUT2D eigenvalue weighted by Crippen LogP contribution is 2.22. The zero-order valence-electron chi connectivity index (χ0n) is 13.3. The summed E-state index contributed by atoms with van der Waals surface area (Å²) >= 11 is 2.02. The number of carbonyl (C=O) groups is 2. The van der Waals surface area contributed by atoms with Gasteiger partial charge in [0, 0.05) is 6.54 Å². The summed E-state index contributed by atoms with van der Waals surface area (Å²) in [5, 5.41) is 0. The van der Waals surface area contributed by atoms with Gasteiger partial charge in [-0.2, -0.15) is 11.8 Å². The molecule has 2 amide bonds. The molecule has 0 saturated carbocycles. The number of fused-ring (bicyclic) bond motifs is 1. The Morgan fingerprint density at radius 1 is 0.864 bits per heavy atom. The van der Waals surface area contributed by atoms with Gasteiger partial charge in [-0.25, -0.2) is 0 Å². The van der Waals surface area contributed by atoms with Crippen LogP contribution in [-0.4, -0.2) is 34.8 Å². The lowest BCUT2D eigenvalue weighted by Gasteiger charge is -2.13. The van der Waals surface area contributed by atoms with Crippen molar-refractivity contribution < 1.29 is 9.59 Å². The van der Waals surface area contributed by atoms with Gasteiger partial charge in [-0.05, 0) is 42.9 Å². The van der Waals surface area contributed by atoms with Crippen molar-refractivity contribution in [3.05, 3.63) is 35.4 Å². The SMILES string of the molecule is CCCCCSCCCCCN1C(=O)c2ccccc2C1=O. The van der Waals surface area contributed by atoms with Crippen molar-refractivity contribution in [2.45, 2.75) is 45.4 Å². The molecule has 0 unspecified atom stereocenters. The van der Waals surface area contributed by atoms with Gasteiger partial charge < -0.3 is 0 Å². The molecule has 1 aliphatic rings. The topological polar surface area (TPSA) is 37.4 Å². The molecule has 1 aromatic rings. The monoisotopic (exact) mass is 319 g/mol. The summed E-state index contributed by atoms with van der Waals surface area (Å²) in [5.41, 5.74) is 1.11. The van der Waals surface area contributed by atoms with Crippen molar-refractivity contribution in [1.29, 1.82) is 0 Å². The molecule has 0 aromatic heterocycles. The second-order valence-electron chi connectivity index (χ2n) is 5.69. The summed E-state index contributed by atoms with van der Waals surface area (Å²) in [5.74, 6) is 2.18. The minimum absolute atomic E-state index is 0.130. The molecule has 0 N–H and O–H groups in total. The third-order valence-corrected chi connectivity index (χ3v) is 5.10. The van der Waals surface area contributed by atoms with Gasteiger partial charge in [0.25, 0.3) is 11.8 Å². The number of amides is 2. The summed E-state index contributed by atoms with van der Waals surface area (Å²) in [6, 6.07) is 7.09. The van der Waals surface area contributed by atoms with Crippen LogP contribution < -0.4 is 0 Å². The lowest BCUT2D eigenvalue weighted by molar-refractivity contribution is 0.0651. The number of unbranched alkanes of at least 4 members (excludes halogenated alkanes) is 4. The number of rotatable bonds is 10. The first-order chi connectivity index (χ1) is 10.8. The van der Waals surface area contributed by atoms with Crippen molar-refractivity contribution in [3.8, 4) is 0 Å². The molecule has 4 heteroatoms. The molecule has 0 atom stereocenters. The van der Waals surface area contributed by atoms with Gasteiger partial charge >= 0.3 is 0 Å². The van der Waals surface area contributed by atoms with E-state index in [0.29, 0.717) is 17.7 Å². The maximum atomic E-state index is 12.2. The molecule has 120 valence electrons. The van der Waals surface area contributed by atoms with E-state index in [0.717, 1.165) is 12.8 Å². The molecule has 1 aromatic carbocycles. The second kappa shape index (κ2) is 8.99. The average molecular weight is 319 g/mol. The number of hydrogen-bond donors (Lipinski definition) is 0. The third-order valence-electron chi connectivity index (χ3n) is 3.94. The van der Waals surface area contributed by atoms with Crippen LogP contribution in [0.15, 0.2) is 24.3 Å². The number of hydrogen-bond acceptors (Lipinski definition) is 3. The number of benzene rings is 1. The molecule has 0 spiro atoms. The summed E-state index contributed by atoms with van der Waals surface area (Å²) in [7, 11) is 0. The largest absolute Gasteiger partial charge is 0.274 e. The number of carbonyl (C=O) groups excluding carboxylic acids is 2. The van der Waals surface area contributed by atoms with Crippen LogP contribution in [0.2, 0.25) is 0 Å². The van der Waals surface area contributed by atoms with Gasteiger partial charge in [-0.3, -0.25) is 14.5 Å². The zero-order chi connectivity index (χ0) is 15.8. The fourth-order valence-electron chi connectivity index (χ4n) is 2.65. The van der Waals surface area contributed by atoms with E-state index in [1.54, 1.807) is 12.1 Å². The van der Waals surface area contributed by atoms with Crippen LogP contribution in [-0.2, 0) is 0 Å². The normalized spacial score (nSPS) is 13.8. The molecule has 0 aliphatic carbocycles. The van der Waals surface area contributed by atoms with Crippen LogP contribution in [0.4, 0.5) is 0 Å². The van der Waals surface area contributed by atoms with E-state index in [1.165, 1.54) is 42.1 Å². The lowest BCUT2D eigenvalue weighted by Crippen LogP contribution is -2.30. The molecular weight excluding hydrogens is 294 g/mol. The fourth-order valence-corrected chi connectivity index (χ4v) is 3.67. The molecule has 1 aliphatic heterocycles. The Kier molecular flexibility index (Phi) is 6.97. The highest BCUT2D eigenvalue weighted by atomic mass is 32.2. The van der Waals surface area contributed by atoms with Gasteiger partial charge in [0.05, 0.1) is 11.1 Å². The molecule has 0 fully saturated rings. The Bertz CT molecular complexity index is 481. The summed E-state index contributed by atoms with van der Waals surface area (Å²) in [6.07, 6.45) is 7.07. The van der Waals surface area contributed by atoms with Gasteiger partial charge in [-0.15, -0.1) is 0 Å². The van der Waals surface area contributed by atoms with Crippen LogP contribution in [0.3, 0.4) is 0 Å². The molecule has 22 heavy (non-hydrogen) atoms. The minimum Gasteiger partial charge on any atom is -0.274 e. The predicted molar refractivity (Wildman–Crippen MR) is 92.5 cm³/mol. The molecule has 0 bridgehead atoms. The lowest BCUT2D eigenvalue weighted by atomic mass is 10.1. The first-order valence-corrected chi connectivity index (χ1v) is 9.44. The first-order valence-electron chi connectivity index (χ1n) is 8.28. The van der Waals surface area contributed by atoms with Gasteiger partial charge in [-0.1, -0.05) is 38.3 Å². The van der Waals surface area contributed by atoms with Crippen LogP contribution >= 0.6 is 11.8 Å². The quantitative estimate of drug-likeness (QED) is 0.474. The number of nitrogens with zero attached hydrogens (tertiary/aromatic N) is 1. The number of imide groups is 1. The summed E-state index contributed by atoms with van der Waals surface area (Å²) in [6.45, 7) is 2.77. The predicted octanol–water partition coefficient (Wildman–Crippen LogP) is 4.38. The van der Waals surface area contributed by atoms with E-state index in [-0.39, 0.29) is 11.8 Å². The van der Waals surface area contributed by atoms with Crippen molar-refractivity contribution in [2.75, 3.05) is 18.1 Å². The van der Waals surface area contributed by atoms with Crippen molar-refractivity contribution in [3.63, 3.8) is 0 Å². The molecule has 3 nitrogen and oxygen atoms in total. The molecule has 1 heterocycles. The van der Waals surface area contributed by atoms with Gasteiger partial charge in [0.1, 0.15) is 0 Å². The Hall–Kier alpha value is -1.29. The van der Waals surface area contributed by atoms with Crippen molar-refractivity contribution in [2.24, 2.45) is 0 Å². The van der Waals surface area contributed by atoms with Crippen molar-refractivity contribution in [1.82, 2.24) is 4.90 Å². The highest BCUT2D eigenvalue weighted by Gasteiger charge is 2.34. The number of thioether (sulfide) groups is 1. The fraction of sp³-hybridized carbons (Fsp3) is 0.556. The summed E-state index contributed by atoms with van der Waals surface area (Å²) in [4.78, 5) is 25.8. The average Bonchev–Trinajstić information content (AvgIpc) is 2.78. The van der Waals surface area contributed by atoms with Crippen LogP contribution in [0.1, 0.15) is 66.2 Å². The molecule has 0 radical (unpaired) electrons. The molecule has 2 rings (SSSR count). The Morgan fingerprint density at radius 2 is 1.45 bits per heavy atom. The van der Waals surface area contributed by atoms with E-state index in [9.17, 15) is 9.59 Å². The first kappa shape index (κ1) is 17.1. The maximum absolute atomic E-state index is 12.2. The van der Waals surface area contributed by atoms with Crippen LogP contribution in [0.5, 0.6) is 0 Å². The van der Waals surface area contributed by atoms with Crippen molar-refractivity contribution >= 4 is 23.6 Å². The molecule has 0 saturated heterocycles. The Morgan fingerprint density at radius 3 is 2.05 bits per heavy atom. The van der Waals surface area contributed by atoms with E-state index in [2.05, 4.69) is 6.92 Å². The second-order valence-corrected chi connectivity index (χ2v) is 6.91. The van der Waals surface area contributed by atoms with E-state index < -0.39 is 0 Å². The highest BCUT2D eigenvalue weighted by molar-refractivity contribution is 7.99. The smallest absolute Gasteiger partial charge is 0.261 e. The van der Waals surface area contributed by atoms with Gasteiger partial charge in [0.15, 0.2) is 0 Å². The maximum Gasteiger partial charge on any atom is 0.261 e. The zero-order valence-corrected chi connectivity index (χ0v) is 14.2. The van der Waals surface area contributed by atoms with E-state index in [4.69, 9.17) is 0 Å². The van der Waals surface area contributed by atoms with E-state index >= 15 is 0 Å². The third kappa shape index (κ3) is 4.35. The summed E-state index contributed by atoms with van der Waals surface area (Å²) < 4.78 is 0. The van der Waals surface area contributed by atoms with E-state index in [1.807, 2.05) is 23.9 Å². The van der Waals surface area contributed by atoms with Crippen LogP contribution in [0.25, 0.3) is 0 Å². The molecular formula is C18H25NO2S. The van der Waals surface area contributed by atoms with Gasteiger partial charge in [0.2, 0.25) is 0 Å². The van der Waals surface area contributed by atoms with Crippen LogP contribution in [0, 0.1) is 0 Å². The standard InChI is InChI=1S/C18H25NO2S/c1-2-3-8-13-22-14-9-4-7-12-19-17(20)15-10-5-6-11-16(15)18(19)21/h5-6,10-11H,2-4,7-9,12-14H2,1H3.